The third-order valence-corrected chi connectivity index (χ3v) is 10.2. The average molecular weight is 382 g/mol. The Morgan fingerprint density at radius 2 is 1.75 bits per heavy atom. The molecule has 0 amide bonds. The van der Waals surface area contributed by atoms with Gasteiger partial charge < -0.3 is 9.84 Å². The van der Waals surface area contributed by atoms with Gasteiger partial charge in [0.15, 0.2) is 11.4 Å². The summed E-state index contributed by atoms with van der Waals surface area (Å²) in [6.07, 6.45) is 6.33. The number of nitrogens with zero attached hydrogens (tertiary/aromatic N) is 1. The number of nitriles is 1. The highest BCUT2D eigenvalue weighted by Gasteiger charge is 2.84. The van der Waals surface area contributed by atoms with Crippen molar-refractivity contribution >= 4 is 5.78 Å². The summed E-state index contributed by atoms with van der Waals surface area (Å²) in [6.45, 7) is 8.28. The molecular formula is C24H31NO3. The van der Waals surface area contributed by atoms with Crippen LogP contribution < -0.4 is 0 Å². The van der Waals surface area contributed by atoms with Gasteiger partial charge >= 0.3 is 0 Å². The predicted octanol–water partition coefficient (Wildman–Crippen LogP) is 3.62. The molecule has 1 aliphatic heterocycles. The van der Waals surface area contributed by atoms with Crippen LogP contribution in [-0.4, -0.2) is 27.7 Å². The average Bonchev–Trinajstić information content (AvgIpc) is 3.20. The lowest BCUT2D eigenvalue weighted by Gasteiger charge is -2.60. The molecule has 5 rings (SSSR count). The Kier molecular flexibility index (Phi) is 3.47. The lowest BCUT2D eigenvalue weighted by Crippen LogP contribution is -2.62. The van der Waals surface area contributed by atoms with Crippen molar-refractivity contribution < 1.29 is 14.6 Å². The number of hydrogen-bond acceptors (Lipinski definition) is 4. The van der Waals surface area contributed by atoms with Gasteiger partial charge in [0, 0.05) is 10.8 Å². The zero-order valence-electron chi connectivity index (χ0n) is 17.5. The van der Waals surface area contributed by atoms with Gasteiger partial charge in [0.25, 0.3) is 0 Å². The van der Waals surface area contributed by atoms with E-state index in [1.165, 1.54) is 0 Å². The number of carbonyl (C=O) groups is 1. The van der Waals surface area contributed by atoms with Crippen LogP contribution in [0.1, 0.15) is 72.6 Å². The third kappa shape index (κ3) is 1.75. The second-order valence-corrected chi connectivity index (χ2v) is 10.8. The molecule has 4 saturated carbocycles. The van der Waals surface area contributed by atoms with E-state index in [1.54, 1.807) is 0 Å². The summed E-state index contributed by atoms with van der Waals surface area (Å²) in [5.41, 5.74) is -2.33. The molecule has 150 valence electrons. The molecular weight excluding hydrogens is 350 g/mol. The molecule has 0 unspecified atom stereocenters. The van der Waals surface area contributed by atoms with Crippen LogP contribution in [0.5, 0.6) is 0 Å². The number of fused-ring (bicyclic) bond motifs is 4. The van der Waals surface area contributed by atoms with E-state index in [2.05, 4.69) is 31.8 Å². The minimum atomic E-state index is -0.879. The molecule has 0 aromatic carbocycles. The lowest BCUT2D eigenvalue weighted by molar-refractivity contribution is -0.147. The number of hydrogen-bond donors (Lipinski definition) is 1. The molecule has 0 bridgehead atoms. The van der Waals surface area contributed by atoms with Crippen LogP contribution in [0.4, 0.5) is 0 Å². The minimum absolute atomic E-state index is 0.0000319. The number of ketones is 1. The highest BCUT2D eigenvalue weighted by molar-refractivity contribution is 5.96. The standard InChI is InChI=1S/C24H31NO3/c1-5-9-23(27)11-8-17-16-6-12-24-21(3,18(16)7-10-20(17,23)2)13-15(14-25)19(26)22(24,4)28-24/h15-18,27H,6-8,10-13H2,1-4H3/t15-,16-,17-,18-,20-,21+,22+,23-,24-/m0/s1. The zero-order chi connectivity index (χ0) is 20.2. The Bertz CT molecular complexity index is 865. The van der Waals surface area contributed by atoms with Crippen molar-refractivity contribution in [3.05, 3.63) is 0 Å². The topological polar surface area (TPSA) is 73.6 Å². The van der Waals surface area contributed by atoms with E-state index in [4.69, 9.17) is 4.74 Å². The van der Waals surface area contributed by atoms with Gasteiger partial charge in [-0.2, -0.15) is 5.26 Å². The van der Waals surface area contributed by atoms with Crippen LogP contribution in [0.3, 0.4) is 0 Å². The van der Waals surface area contributed by atoms with Crippen LogP contribution in [0, 0.1) is 57.7 Å². The van der Waals surface area contributed by atoms with Crippen LogP contribution in [0.2, 0.25) is 0 Å². The van der Waals surface area contributed by atoms with Gasteiger partial charge in [-0.1, -0.05) is 19.8 Å². The Morgan fingerprint density at radius 1 is 1.07 bits per heavy atom. The van der Waals surface area contributed by atoms with E-state index in [9.17, 15) is 15.2 Å². The fraction of sp³-hybridized carbons (Fsp3) is 0.833. The molecule has 28 heavy (non-hydrogen) atoms. The Morgan fingerprint density at radius 3 is 2.43 bits per heavy atom. The van der Waals surface area contributed by atoms with Crippen molar-refractivity contribution in [1.29, 1.82) is 5.26 Å². The normalized spacial score (nSPS) is 58.9. The summed E-state index contributed by atoms with van der Waals surface area (Å²) >= 11 is 0. The number of Topliss-reactive ketones (excluding diaryl/α,β-unsaturated/α-hetero) is 1. The first-order valence-electron chi connectivity index (χ1n) is 10.9. The number of epoxide rings is 1. The maximum atomic E-state index is 12.9. The van der Waals surface area contributed by atoms with Crippen molar-refractivity contribution in [2.75, 3.05) is 0 Å². The first-order chi connectivity index (χ1) is 13.1. The van der Waals surface area contributed by atoms with E-state index < -0.39 is 17.1 Å². The second kappa shape index (κ2) is 5.21. The fourth-order valence-corrected chi connectivity index (χ4v) is 8.66. The first-order valence-corrected chi connectivity index (χ1v) is 10.9. The molecule has 5 aliphatic rings. The quantitative estimate of drug-likeness (QED) is 0.514. The van der Waals surface area contributed by atoms with Crippen LogP contribution >= 0.6 is 0 Å². The zero-order valence-corrected chi connectivity index (χ0v) is 17.5. The first kappa shape index (κ1) is 18.7. The number of ether oxygens (including phenoxy) is 1. The van der Waals surface area contributed by atoms with Gasteiger partial charge in [0.05, 0.1) is 6.07 Å². The SMILES string of the molecule is CC#C[C@]1(O)CC[C@H]2[C@@H]3CC[C@@]45O[C@]4(C)C(=O)[C@H](C#N)C[C@]5(C)[C@H]3CC[C@@]21C. The van der Waals surface area contributed by atoms with E-state index in [-0.39, 0.29) is 22.2 Å². The van der Waals surface area contributed by atoms with E-state index in [0.717, 1.165) is 38.5 Å². The smallest absolute Gasteiger partial charge is 0.184 e. The monoisotopic (exact) mass is 381 g/mol. The molecule has 4 heteroatoms. The molecule has 0 radical (unpaired) electrons. The van der Waals surface area contributed by atoms with E-state index >= 15 is 0 Å². The Balaban J connectivity index is 1.54. The van der Waals surface area contributed by atoms with Gasteiger partial charge in [0.2, 0.25) is 0 Å². The summed E-state index contributed by atoms with van der Waals surface area (Å²) in [5, 5.41) is 21.0. The largest absolute Gasteiger partial charge is 0.377 e. The van der Waals surface area contributed by atoms with E-state index in [0.29, 0.717) is 24.2 Å². The molecule has 0 aromatic rings. The highest BCUT2D eigenvalue weighted by Crippen LogP contribution is 2.76. The molecule has 1 spiro atoms. The minimum Gasteiger partial charge on any atom is -0.377 e. The summed E-state index contributed by atoms with van der Waals surface area (Å²) in [4.78, 5) is 12.9. The van der Waals surface area contributed by atoms with Gasteiger partial charge in [-0.15, -0.1) is 5.92 Å². The van der Waals surface area contributed by atoms with E-state index in [1.807, 2.05) is 13.8 Å². The molecule has 1 heterocycles. The van der Waals surface area contributed by atoms with Crippen molar-refractivity contribution in [2.45, 2.75) is 89.4 Å². The number of rotatable bonds is 0. The summed E-state index contributed by atoms with van der Waals surface area (Å²) in [5.74, 6) is 7.00. The fourth-order valence-electron chi connectivity index (χ4n) is 8.66. The third-order valence-electron chi connectivity index (χ3n) is 10.2. The van der Waals surface area contributed by atoms with Gasteiger partial charge in [-0.05, 0) is 76.5 Å². The van der Waals surface area contributed by atoms with Crippen molar-refractivity contribution in [3.63, 3.8) is 0 Å². The number of aliphatic hydroxyl groups is 1. The highest BCUT2D eigenvalue weighted by atomic mass is 16.6. The van der Waals surface area contributed by atoms with Gasteiger partial charge in [-0.3, -0.25) is 4.79 Å². The van der Waals surface area contributed by atoms with Crippen LogP contribution in [-0.2, 0) is 9.53 Å². The molecule has 4 nitrogen and oxygen atoms in total. The van der Waals surface area contributed by atoms with Crippen LogP contribution in [0.25, 0.3) is 0 Å². The maximum Gasteiger partial charge on any atom is 0.184 e. The molecule has 1 saturated heterocycles. The lowest BCUT2D eigenvalue weighted by atomic mass is 9.42. The summed E-state index contributed by atoms with van der Waals surface area (Å²) in [7, 11) is 0. The second-order valence-electron chi connectivity index (χ2n) is 10.8. The molecule has 5 fully saturated rings. The van der Waals surface area contributed by atoms with Crippen molar-refractivity contribution in [1.82, 2.24) is 0 Å². The van der Waals surface area contributed by atoms with Gasteiger partial charge in [-0.25, -0.2) is 0 Å². The van der Waals surface area contributed by atoms with Gasteiger partial charge in [0.1, 0.15) is 17.1 Å². The van der Waals surface area contributed by atoms with Crippen molar-refractivity contribution in [2.24, 2.45) is 34.5 Å². The Labute approximate surface area is 168 Å². The maximum absolute atomic E-state index is 12.9. The molecule has 0 aromatic heterocycles. The van der Waals surface area contributed by atoms with Crippen LogP contribution in [0.15, 0.2) is 0 Å². The summed E-state index contributed by atoms with van der Waals surface area (Å²) < 4.78 is 6.30. The molecule has 4 aliphatic carbocycles. The summed E-state index contributed by atoms with van der Waals surface area (Å²) in [6, 6.07) is 2.28. The number of carbonyl (C=O) groups excluding carboxylic acids is 1. The molecule has 1 N–H and O–H groups in total. The van der Waals surface area contributed by atoms with Crippen molar-refractivity contribution in [3.8, 4) is 17.9 Å². The Hall–Kier alpha value is -1.36. The predicted molar refractivity (Wildman–Crippen MR) is 104 cm³/mol. The molecule has 9 atom stereocenters.